The lowest BCUT2D eigenvalue weighted by Gasteiger charge is -2.02. The summed E-state index contributed by atoms with van der Waals surface area (Å²) >= 11 is 1.46. The molecule has 0 aromatic carbocycles. The Morgan fingerprint density at radius 3 is 2.75 bits per heavy atom. The summed E-state index contributed by atoms with van der Waals surface area (Å²) in [6.07, 6.45) is 0.298. The Bertz CT molecular complexity index is 398. The molecule has 1 aromatic rings. The topological polar surface area (TPSA) is 78.8 Å². The SMILES string of the molecule is CC(=O)N/N=C(/CCC(=O)O)c1cccs1. The van der Waals surface area contributed by atoms with Gasteiger partial charge in [-0.25, -0.2) is 5.43 Å². The van der Waals surface area contributed by atoms with Gasteiger partial charge in [-0.3, -0.25) is 9.59 Å². The van der Waals surface area contributed by atoms with E-state index < -0.39 is 5.97 Å². The second-order valence-electron chi connectivity index (χ2n) is 3.10. The van der Waals surface area contributed by atoms with E-state index in [1.54, 1.807) is 0 Å². The summed E-state index contributed by atoms with van der Waals surface area (Å²) in [5.41, 5.74) is 2.91. The van der Waals surface area contributed by atoms with Gasteiger partial charge >= 0.3 is 5.97 Å². The van der Waals surface area contributed by atoms with Crippen molar-refractivity contribution in [2.75, 3.05) is 0 Å². The summed E-state index contributed by atoms with van der Waals surface area (Å²) in [7, 11) is 0. The number of nitrogens with one attached hydrogen (secondary N) is 1. The van der Waals surface area contributed by atoms with Crippen molar-refractivity contribution in [3.8, 4) is 0 Å². The average molecular weight is 240 g/mol. The van der Waals surface area contributed by atoms with Crippen molar-refractivity contribution in [3.63, 3.8) is 0 Å². The third-order valence-corrected chi connectivity index (χ3v) is 2.65. The zero-order valence-corrected chi connectivity index (χ0v) is 9.58. The number of carboxylic acids is 1. The van der Waals surface area contributed by atoms with Crippen LogP contribution >= 0.6 is 11.3 Å². The molecular formula is C10H12N2O3S. The fraction of sp³-hybridized carbons (Fsp3) is 0.300. The van der Waals surface area contributed by atoms with Crippen molar-refractivity contribution in [1.82, 2.24) is 5.43 Å². The first-order valence-corrected chi connectivity index (χ1v) is 5.56. The molecule has 86 valence electrons. The van der Waals surface area contributed by atoms with E-state index in [1.807, 2.05) is 17.5 Å². The Morgan fingerprint density at radius 1 is 1.50 bits per heavy atom. The van der Waals surface area contributed by atoms with E-state index in [4.69, 9.17) is 5.11 Å². The highest BCUT2D eigenvalue weighted by molar-refractivity contribution is 7.12. The summed E-state index contributed by atoms with van der Waals surface area (Å²) in [5, 5.41) is 14.4. The number of hydrogen-bond donors (Lipinski definition) is 2. The van der Waals surface area contributed by atoms with Crippen molar-refractivity contribution in [3.05, 3.63) is 22.4 Å². The molecule has 0 saturated carbocycles. The quantitative estimate of drug-likeness (QED) is 0.604. The third kappa shape index (κ3) is 4.22. The van der Waals surface area contributed by atoms with Crippen LogP contribution in [0.2, 0.25) is 0 Å². The van der Waals surface area contributed by atoms with Gasteiger partial charge in [-0.2, -0.15) is 5.10 Å². The molecule has 2 N–H and O–H groups in total. The number of hydrogen-bond acceptors (Lipinski definition) is 4. The standard InChI is InChI=1S/C10H12N2O3S/c1-7(13)11-12-8(4-5-10(14)15)9-3-2-6-16-9/h2-3,6H,4-5H2,1H3,(H,11,13)(H,14,15)/b12-8-. The van der Waals surface area contributed by atoms with Crippen LogP contribution in [-0.4, -0.2) is 22.7 Å². The molecule has 0 saturated heterocycles. The number of rotatable bonds is 5. The highest BCUT2D eigenvalue weighted by atomic mass is 32.1. The van der Waals surface area contributed by atoms with E-state index in [-0.39, 0.29) is 12.3 Å². The molecule has 0 aliphatic heterocycles. The van der Waals surface area contributed by atoms with Crippen molar-refractivity contribution >= 4 is 28.9 Å². The first-order chi connectivity index (χ1) is 7.59. The minimum absolute atomic E-state index is 0.00365. The molecule has 0 radical (unpaired) electrons. The van der Waals surface area contributed by atoms with Gasteiger partial charge in [-0.15, -0.1) is 11.3 Å². The van der Waals surface area contributed by atoms with Crippen molar-refractivity contribution in [2.24, 2.45) is 5.10 Å². The Kier molecular flexibility index (Phi) is 4.65. The van der Waals surface area contributed by atoms with Crippen molar-refractivity contribution in [2.45, 2.75) is 19.8 Å². The van der Waals surface area contributed by atoms with Gasteiger partial charge in [-0.05, 0) is 11.4 Å². The lowest BCUT2D eigenvalue weighted by Crippen LogP contribution is -2.16. The summed E-state index contributed by atoms with van der Waals surface area (Å²) in [5.74, 6) is -1.16. The van der Waals surface area contributed by atoms with E-state index in [0.29, 0.717) is 12.1 Å². The van der Waals surface area contributed by atoms with Crippen LogP contribution in [0, 0.1) is 0 Å². The summed E-state index contributed by atoms with van der Waals surface area (Å²) in [4.78, 5) is 22.1. The van der Waals surface area contributed by atoms with Gasteiger partial charge in [0.15, 0.2) is 0 Å². The maximum absolute atomic E-state index is 10.7. The van der Waals surface area contributed by atoms with Gasteiger partial charge in [0.25, 0.3) is 0 Å². The first kappa shape index (κ1) is 12.4. The molecule has 1 amide bonds. The van der Waals surface area contributed by atoms with Crippen LogP contribution in [-0.2, 0) is 9.59 Å². The molecule has 1 aromatic heterocycles. The second-order valence-corrected chi connectivity index (χ2v) is 4.05. The van der Waals surface area contributed by atoms with Crippen LogP contribution in [0.1, 0.15) is 24.6 Å². The number of nitrogens with zero attached hydrogens (tertiary/aromatic N) is 1. The van der Waals surface area contributed by atoms with Gasteiger partial charge in [0.05, 0.1) is 17.0 Å². The average Bonchev–Trinajstić information content (AvgIpc) is 2.70. The highest BCUT2D eigenvalue weighted by Gasteiger charge is 2.08. The Morgan fingerprint density at radius 2 is 2.25 bits per heavy atom. The van der Waals surface area contributed by atoms with Crippen LogP contribution in [0.3, 0.4) is 0 Å². The first-order valence-electron chi connectivity index (χ1n) is 4.68. The largest absolute Gasteiger partial charge is 0.481 e. The maximum atomic E-state index is 10.7. The number of hydrazone groups is 1. The van der Waals surface area contributed by atoms with E-state index in [2.05, 4.69) is 10.5 Å². The van der Waals surface area contributed by atoms with Gasteiger partial charge in [-0.1, -0.05) is 6.07 Å². The van der Waals surface area contributed by atoms with Gasteiger partial charge in [0.1, 0.15) is 0 Å². The number of carbonyl (C=O) groups is 2. The smallest absolute Gasteiger partial charge is 0.303 e. The van der Waals surface area contributed by atoms with E-state index in [1.165, 1.54) is 18.3 Å². The molecule has 16 heavy (non-hydrogen) atoms. The number of thiophene rings is 1. The monoisotopic (exact) mass is 240 g/mol. The fourth-order valence-electron chi connectivity index (χ4n) is 1.05. The molecule has 0 aliphatic rings. The van der Waals surface area contributed by atoms with E-state index in [0.717, 1.165) is 4.88 Å². The van der Waals surface area contributed by atoms with Crippen LogP contribution < -0.4 is 5.43 Å². The highest BCUT2D eigenvalue weighted by Crippen LogP contribution is 2.13. The molecule has 0 unspecified atom stereocenters. The second kappa shape index (κ2) is 6.02. The van der Waals surface area contributed by atoms with Crippen molar-refractivity contribution in [1.29, 1.82) is 0 Å². The molecule has 1 heterocycles. The van der Waals surface area contributed by atoms with Crippen LogP contribution in [0.5, 0.6) is 0 Å². The molecule has 1 rings (SSSR count). The Hall–Kier alpha value is -1.69. The molecule has 5 nitrogen and oxygen atoms in total. The number of amides is 1. The van der Waals surface area contributed by atoms with E-state index >= 15 is 0 Å². The number of carbonyl (C=O) groups excluding carboxylic acids is 1. The molecule has 0 spiro atoms. The Balaban J connectivity index is 2.73. The zero-order chi connectivity index (χ0) is 12.0. The van der Waals surface area contributed by atoms with Crippen molar-refractivity contribution < 1.29 is 14.7 Å². The summed E-state index contributed by atoms with van der Waals surface area (Å²) in [6, 6.07) is 3.69. The molecule has 0 fully saturated rings. The summed E-state index contributed by atoms with van der Waals surface area (Å²) in [6.45, 7) is 1.35. The normalized spacial score (nSPS) is 11.2. The Labute approximate surface area is 96.8 Å². The minimum atomic E-state index is -0.882. The lowest BCUT2D eigenvalue weighted by molar-refractivity contribution is -0.136. The van der Waals surface area contributed by atoms with E-state index in [9.17, 15) is 9.59 Å². The van der Waals surface area contributed by atoms with Gasteiger partial charge < -0.3 is 5.11 Å². The van der Waals surface area contributed by atoms with Crippen LogP contribution in [0.25, 0.3) is 0 Å². The summed E-state index contributed by atoms with van der Waals surface area (Å²) < 4.78 is 0. The maximum Gasteiger partial charge on any atom is 0.303 e. The van der Waals surface area contributed by atoms with Gasteiger partial charge in [0, 0.05) is 13.3 Å². The predicted molar refractivity (Wildman–Crippen MR) is 61.5 cm³/mol. The predicted octanol–water partition coefficient (Wildman–Crippen LogP) is 1.45. The molecule has 0 aliphatic carbocycles. The minimum Gasteiger partial charge on any atom is -0.481 e. The molecule has 6 heteroatoms. The van der Waals surface area contributed by atoms with Gasteiger partial charge in [0.2, 0.25) is 5.91 Å². The molecule has 0 bridgehead atoms. The molecular weight excluding hydrogens is 228 g/mol. The lowest BCUT2D eigenvalue weighted by atomic mass is 10.2. The molecule has 0 atom stereocenters. The zero-order valence-electron chi connectivity index (χ0n) is 8.77. The fourth-order valence-corrected chi connectivity index (χ4v) is 1.79. The number of carboxylic acid groups (broad SMARTS) is 1. The van der Waals surface area contributed by atoms with Crippen LogP contribution in [0.4, 0.5) is 0 Å². The number of aliphatic carboxylic acids is 1. The van der Waals surface area contributed by atoms with Crippen LogP contribution in [0.15, 0.2) is 22.6 Å². The third-order valence-electron chi connectivity index (χ3n) is 1.73.